The monoisotopic (exact) mass is 440 g/mol. The maximum absolute atomic E-state index is 11.4. The molecule has 30 heavy (non-hydrogen) atoms. The van der Waals surface area contributed by atoms with E-state index in [9.17, 15) is 10.1 Å². The number of hydrogen-bond donors (Lipinski definition) is 1. The molecule has 5 nitrogen and oxygen atoms in total. The van der Waals surface area contributed by atoms with E-state index in [0.717, 1.165) is 27.6 Å². The second-order valence-electron chi connectivity index (χ2n) is 6.93. The number of ether oxygens (including phenoxy) is 1. The minimum Gasteiger partial charge on any atom is -0.487 e. The Kier molecular flexibility index (Phi) is 5.93. The Hall–Kier alpha value is -3.02. The molecule has 0 spiro atoms. The summed E-state index contributed by atoms with van der Waals surface area (Å²) < 4.78 is 5.82. The highest BCUT2D eigenvalue weighted by molar-refractivity contribution is 6.32. The number of nitrogens with zero attached hydrogens (tertiary/aromatic N) is 1. The number of H-pyrrole nitrogens is 1. The van der Waals surface area contributed by atoms with E-state index in [0.29, 0.717) is 15.8 Å². The summed E-state index contributed by atoms with van der Waals surface area (Å²) in [7, 11) is 0. The second-order valence-corrected chi connectivity index (χ2v) is 7.74. The highest BCUT2D eigenvalue weighted by Gasteiger charge is 2.24. The van der Waals surface area contributed by atoms with E-state index in [2.05, 4.69) is 4.98 Å². The van der Waals surface area contributed by atoms with E-state index in [1.807, 2.05) is 54.7 Å². The molecule has 152 valence electrons. The first kappa shape index (κ1) is 20.3. The zero-order valence-corrected chi connectivity index (χ0v) is 17.4. The van der Waals surface area contributed by atoms with E-state index in [4.69, 9.17) is 27.9 Å². The number of para-hydroxylation sites is 1. The van der Waals surface area contributed by atoms with Crippen molar-refractivity contribution in [3.8, 4) is 5.75 Å². The van der Waals surface area contributed by atoms with Gasteiger partial charge in [0.05, 0.1) is 10.9 Å². The summed E-state index contributed by atoms with van der Waals surface area (Å²) in [5.74, 6) is 0.0605. The third kappa shape index (κ3) is 4.27. The van der Waals surface area contributed by atoms with Crippen LogP contribution >= 0.6 is 23.2 Å². The largest absolute Gasteiger partial charge is 0.487 e. The van der Waals surface area contributed by atoms with Crippen LogP contribution in [0.25, 0.3) is 10.9 Å². The van der Waals surface area contributed by atoms with Crippen molar-refractivity contribution in [2.75, 3.05) is 6.54 Å². The van der Waals surface area contributed by atoms with Crippen molar-refractivity contribution < 1.29 is 9.66 Å². The standard InChI is InChI=1S/C23H18Cl2N2O3/c24-20-7-3-1-5-16(20)14-30-23-10-9-15(11-21(23)25)19(13-27(28)29)18-12-26-22-8-4-2-6-17(18)22/h1-12,19,26H,13-14H2/t19-/m1/s1. The first-order chi connectivity index (χ1) is 14.5. The Morgan fingerprint density at radius 2 is 1.77 bits per heavy atom. The van der Waals surface area contributed by atoms with Crippen LogP contribution in [-0.2, 0) is 6.61 Å². The first-order valence-corrected chi connectivity index (χ1v) is 10.1. The van der Waals surface area contributed by atoms with E-state index < -0.39 is 5.92 Å². The molecule has 0 saturated heterocycles. The van der Waals surface area contributed by atoms with Gasteiger partial charge in [0.2, 0.25) is 6.54 Å². The average Bonchev–Trinajstić information content (AvgIpc) is 3.16. The van der Waals surface area contributed by atoms with Crippen molar-refractivity contribution in [1.82, 2.24) is 4.98 Å². The molecule has 0 radical (unpaired) electrons. The highest BCUT2D eigenvalue weighted by Crippen LogP contribution is 2.35. The van der Waals surface area contributed by atoms with E-state index in [1.54, 1.807) is 18.2 Å². The minimum absolute atomic E-state index is 0.238. The molecule has 0 aliphatic rings. The molecule has 1 aromatic heterocycles. The van der Waals surface area contributed by atoms with Crippen LogP contribution in [0, 0.1) is 10.1 Å². The highest BCUT2D eigenvalue weighted by atomic mass is 35.5. The van der Waals surface area contributed by atoms with E-state index >= 15 is 0 Å². The van der Waals surface area contributed by atoms with Gasteiger partial charge in [-0.3, -0.25) is 10.1 Å². The van der Waals surface area contributed by atoms with Crippen molar-refractivity contribution in [2.45, 2.75) is 12.5 Å². The smallest absolute Gasteiger partial charge is 0.214 e. The van der Waals surface area contributed by atoms with Crippen molar-refractivity contribution in [1.29, 1.82) is 0 Å². The number of fused-ring (bicyclic) bond motifs is 1. The summed E-state index contributed by atoms with van der Waals surface area (Å²) in [4.78, 5) is 14.3. The van der Waals surface area contributed by atoms with Gasteiger partial charge in [-0.1, -0.05) is 65.7 Å². The van der Waals surface area contributed by atoms with Crippen LogP contribution in [0.15, 0.2) is 72.9 Å². The summed E-state index contributed by atoms with van der Waals surface area (Å²) >= 11 is 12.6. The van der Waals surface area contributed by atoms with Crippen LogP contribution in [0.5, 0.6) is 5.75 Å². The molecule has 0 aliphatic heterocycles. The molecule has 1 atom stereocenters. The fraction of sp³-hybridized carbons (Fsp3) is 0.130. The predicted molar refractivity (Wildman–Crippen MR) is 119 cm³/mol. The zero-order valence-electron chi connectivity index (χ0n) is 15.8. The van der Waals surface area contributed by atoms with Crippen LogP contribution < -0.4 is 4.74 Å². The maximum atomic E-state index is 11.4. The lowest BCUT2D eigenvalue weighted by Gasteiger charge is -2.15. The summed E-state index contributed by atoms with van der Waals surface area (Å²) in [6.45, 7) is 0.0392. The number of nitrogens with one attached hydrogen (secondary N) is 1. The quantitative estimate of drug-likeness (QED) is 0.264. The van der Waals surface area contributed by atoms with Gasteiger partial charge in [-0.25, -0.2) is 0 Å². The van der Waals surface area contributed by atoms with Crippen molar-refractivity contribution in [3.05, 3.63) is 110 Å². The minimum atomic E-state index is -0.439. The number of hydrogen-bond acceptors (Lipinski definition) is 3. The summed E-state index contributed by atoms with van der Waals surface area (Å²) in [6.07, 6.45) is 1.83. The van der Waals surface area contributed by atoms with Gasteiger partial charge in [-0.2, -0.15) is 0 Å². The molecule has 0 amide bonds. The van der Waals surface area contributed by atoms with E-state index in [-0.39, 0.29) is 18.1 Å². The normalized spacial score (nSPS) is 12.1. The second kappa shape index (κ2) is 8.78. The summed E-state index contributed by atoms with van der Waals surface area (Å²) in [6, 6.07) is 20.5. The summed E-state index contributed by atoms with van der Waals surface area (Å²) in [5.41, 5.74) is 3.41. The molecule has 0 fully saturated rings. The molecule has 0 unspecified atom stereocenters. The Labute approximate surface area is 183 Å². The Morgan fingerprint density at radius 1 is 1.00 bits per heavy atom. The Balaban J connectivity index is 1.63. The first-order valence-electron chi connectivity index (χ1n) is 9.36. The molecule has 0 saturated carbocycles. The van der Waals surface area contributed by atoms with Crippen LogP contribution in [0.4, 0.5) is 0 Å². The van der Waals surface area contributed by atoms with Gasteiger partial charge >= 0.3 is 0 Å². The number of aromatic nitrogens is 1. The number of benzene rings is 3. The molecule has 0 bridgehead atoms. The van der Waals surface area contributed by atoms with Gasteiger partial charge in [0.25, 0.3) is 0 Å². The van der Waals surface area contributed by atoms with Crippen LogP contribution in [-0.4, -0.2) is 16.5 Å². The van der Waals surface area contributed by atoms with Crippen LogP contribution in [0.3, 0.4) is 0 Å². The molecule has 1 N–H and O–H groups in total. The molecular weight excluding hydrogens is 423 g/mol. The average molecular weight is 441 g/mol. The molecule has 1 heterocycles. The lowest BCUT2D eigenvalue weighted by atomic mass is 9.91. The van der Waals surface area contributed by atoms with Crippen LogP contribution in [0.2, 0.25) is 10.0 Å². The molecule has 0 aliphatic carbocycles. The van der Waals surface area contributed by atoms with Gasteiger partial charge in [0.15, 0.2) is 0 Å². The van der Waals surface area contributed by atoms with Crippen molar-refractivity contribution in [2.24, 2.45) is 0 Å². The number of halogens is 2. The molecule has 4 aromatic rings. The SMILES string of the molecule is O=[N+]([O-])C[C@H](c1ccc(OCc2ccccc2Cl)c(Cl)c1)c1c[nH]c2ccccc12. The molecule has 4 rings (SSSR count). The number of aromatic amines is 1. The molecule has 7 heteroatoms. The maximum Gasteiger partial charge on any atom is 0.214 e. The van der Waals surface area contributed by atoms with Crippen LogP contribution in [0.1, 0.15) is 22.6 Å². The molecule has 3 aromatic carbocycles. The Morgan fingerprint density at radius 3 is 2.53 bits per heavy atom. The lowest BCUT2D eigenvalue weighted by molar-refractivity contribution is -0.481. The zero-order chi connectivity index (χ0) is 21.1. The van der Waals surface area contributed by atoms with Gasteiger partial charge < -0.3 is 9.72 Å². The van der Waals surface area contributed by atoms with Gasteiger partial charge in [-0.15, -0.1) is 0 Å². The number of rotatable bonds is 7. The fourth-order valence-electron chi connectivity index (χ4n) is 3.54. The van der Waals surface area contributed by atoms with Gasteiger partial charge in [0, 0.05) is 32.6 Å². The fourth-order valence-corrected chi connectivity index (χ4v) is 3.97. The predicted octanol–water partition coefficient (Wildman–Crippen LogP) is 6.46. The molecular formula is C23H18Cl2N2O3. The summed E-state index contributed by atoms with van der Waals surface area (Å²) in [5, 5.41) is 13.4. The van der Waals surface area contributed by atoms with Crippen molar-refractivity contribution >= 4 is 34.1 Å². The lowest BCUT2D eigenvalue weighted by Crippen LogP contribution is -2.13. The third-order valence-electron chi connectivity index (χ3n) is 5.03. The van der Waals surface area contributed by atoms with Gasteiger partial charge in [0.1, 0.15) is 12.4 Å². The van der Waals surface area contributed by atoms with Gasteiger partial charge in [-0.05, 0) is 35.4 Å². The topological polar surface area (TPSA) is 68.2 Å². The van der Waals surface area contributed by atoms with Crippen molar-refractivity contribution in [3.63, 3.8) is 0 Å². The van der Waals surface area contributed by atoms with E-state index in [1.165, 1.54) is 0 Å². The third-order valence-corrected chi connectivity index (χ3v) is 5.69. The Bertz CT molecular complexity index is 1210. The number of nitro groups is 1.